The third-order valence-corrected chi connectivity index (χ3v) is 2.42. The Bertz CT molecular complexity index is 571. The summed E-state index contributed by atoms with van der Waals surface area (Å²) >= 11 is 5.84. The quantitative estimate of drug-likeness (QED) is 0.866. The van der Waals surface area contributed by atoms with E-state index in [1.165, 1.54) is 19.2 Å². The number of aromatic carboxylic acids is 1. The van der Waals surface area contributed by atoms with Crippen LogP contribution in [-0.2, 0) is 0 Å². The molecular weight excluding hydrogens is 232 g/mol. The second-order valence-corrected chi connectivity index (χ2v) is 3.42. The number of methoxy groups -OCH3 is 1. The molecule has 0 saturated heterocycles. The molecule has 1 aromatic heterocycles. The Hall–Kier alpha value is -1.88. The topological polar surface area (TPSA) is 72.3 Å². The molecule has 2 rings (SSSR count). The molecule has 5 nitrogen and oxygen atoms in total. The van der Waals surface area contributed by atoms with Gasteiger partial charge in [0, 0.05) is 10.8 Å². The van der Waals surface area contributed by atoms with Gasteiger partial charge in [0.05, 0.1) is 12.7 Å². The Morgan fingerprint density at radius 1 is 1.38 bits per heavy atom. The molecule has 0 radical (unpaired) electrons. The van der Waals surface area contributed by atoms with E-state index in [1.807, 2.05) is 0 Å². The fraction of sp³-hybridized carbons (Fsp3) is 0.100. The van der Waals surface area contributed by atoms with Crippen LogP contribution in [0.5, 0.6) is 5.88 Å². The first-order valence-electron chi connectivity index (χ1n) is 4.36. The van der Waals surface area contributed by atoms with Gasteiger partial charge in [0.15, 0.2) is 5.15 Å². The van der Waals surface area contributed by atoms with Crippen LogP contribution in [0.2, 0.25) is 5.15 Å². The zero-order valence-corrected chi connectivity index (χ0v) is 9.02. The van der Waals surface area contributed by atoms with E-state index < -0.39 is 5.97 Å². The lowest BCUT2D eigenvalue weighted by atomic mass is 10.1. The Kier molecular flexibility index (Phi) is 2.62. The van der Waals surface area contributed by atoms with Gasteiger partial charge in [-0.1, -0.05) is 17.7 Å². The number of aromatic nitrogens is 2. The fourth-order valence-corrected chi connectivity index (χ4v) is 1.58. The molecule has 0 aliphatic heterocycles. The van der Waals surface area contributed by atoms with E-state index in [4.69, 9.17) is 21.4 Å². The van der Waals surface area contributed by atoms with Gasteiger partial charge in [-0.2, -0.15) is 0 Å². The summed E-state index contributed by atoms with van der Waals surface area (Å²) in [5, 5.41) is 17.6. The van der Waals surface area contributed by atoms with E-state index in [-0.39, 0.29) is 16.6 Å². The van der Waals surface area contributed by atoms with E-state index in [9.17, 15) is 4.79 Å². The molecule has 0 fully saturated rings. The Morgan fingerprint density at radius 3 is 2.75 bits per heavy atom. The van der Waals surface area contributed by atoms with Crippen LogP contribution < -0.4 is 4.74 Å². The van der Waals surface area contributed by atoms with Crippen molar-refractivity contribution >= 4 is 28.3 Å². The van der Waals surface area contributed by atoms with Crippen LogP contribution in [0, 0.1) is 0 Å². The van der Waals surface area contributed by atoms with Crippen molar-refractivity contribution < 1.29 is 14.6 Å². The maximum atomic E-state index is 10.8. The minimum atomic E-state index is -1.02. The number of carboxylic acid groups (broad SMARTS) is 1. The molecule has 82 valence electrons. The number of nitrogens with zero attached hydrogens (tertiary/aromatic N) is 2. The smallest absolute Gasteiger partial charge is 0.335 e. The highest BCUT2D eigenvalue weighted by Gasteiger charge is 2.11. The molecule has 0 amide bonds. The van der Waals surface area contributed by atoms with Gasteiger partial charge >= 0.3 is 5.97 Å². The maximum absolute atomic E-state index is 10.8. The molecule has 0 aliphatic rings. The Morgan fingerprint density at radius 2 is 2.12 bits per heavy atom. The lowest BCUT2D eigenvalue weighted by molar-refractivity contribution is 0.0697. The van der Waals surface area contributed by atoms with Crippen molar-refractivity contribution in [2.75, 3.05) is 7.11 Å². The lowest BCUT2D eigenvalue weighted by Gasteiger charge is -2.05. The van der Waals surface area contributed by atoms with Crippen LogP contribution in [0.4, 0.5) is 0 Å². The first-order valence-corrected chi connectivity index (χ1v) is 4.74. The normalized spacial score (nSPS) is 10.4. The number of hydrogen-bond donors (Lipinski definition) is 1. The molecule has 0 bridgehead atoms. The van der Waals surface area contributed by atoms with Crippen LogP contribution in [0.15, 0.2) is 18.2 Å². The molecule has 1 aromatic carbocycles. The van der Waals surface area contributed by atoms with E-state index >= 15 is 0 Å². The van der Waals surface area contributed by atoms with Crippen LogP contribution in [0.25, 0.3) is 10.8 Å². The fourth-order valence-electron chi connectivity index (χ4n) is 1.38. The molecule has 1 heterocycles. The van der Waals surface area contributed by atoms with Crippen molar-refractivity contribution in [3.05, 3.63) is 28.9 Å². The minimum Gasteiger partial charge on any atom is -0.479 e. The van der Waals surface area contributed by atoms with Crippen LogP contribution in [-0.4, -0.2) is 28.4 Å². The van der Waals surface area contributed by atoms with Crippen molar-refractivity contribution in [2.24, 2.45) is 0 Å². The molecule has 0 saturated carbocycles. The molecule has 0 atom stereocenters. The second kappa shape index (κ2) is 3.94. The van der Waals surface area contributed by atoms with Gasteiger partial charge in [0.25, 0.3) is 0 Å². The molecule has 0 spiro atoms. The third-order valence-electron chi connectivity index (χ3n) is 2.14. The SMILES string of the molecule is COc1nnc(Cl)c2ccc(C(=O)O)cc12. The molecule has 6 heteroatoms. The minimum absolute atomic E-state index is 0.148. The summed E-state index contributed by atoms with van der Waals surface area (Å²) in [5.41, 5.74) is 0.148. The molecule has 0 aliphatic carbocycles. The van der Waals surface area contributed by atoms with Gasteiger partial charge in [0.2, 0.25) is 5.88 Å². The molecule has 2 aromatic rings. The van der Waals surface area contributed by atoms with Gasteiger partial charge in [0.1, 0.15) is 0 Å². The zero-order chi connectivity index (χ0) is 11.7. The predicted molar refractivity (Wildman–Crippen MR) is 58.1 cm³/mol. The number of benzene rings is 1. The lowest BCUT2D eigenvalue weighted by Crippen LogP contribution is -1.98. The van der Waals surface area contributed by atoms with E-state index in [2.05, 4.69) is 10.2 Å². The summed E-state index contributed by atoms with van der Waals surface area (Å²) in [6.07, 6.45) is 0. The first-order chi connectivity index (χ1) is 7.63. The van der Waals surface area contributed by atoms with Gasteiger partial charge in [-0.15, -0.1) is 10.2 Å². The highest BCUT2D eigenvalue weighted by molar-refractivity contribution is 6.34. The zero-order valence-electron chi connectivity index (χ0n) is 8.27. The monoisotopic (exact) mass is 238 g/mol. The second-order valence-electron chi connectivity index (χ2n) is 3.07. The number of hydrogen-bond acceptors (Lipinski definition) is 4. The van der Waals surface area contributed by atoms with Gasteiger partial charge < -0.3 is 9.84 Å². The van der Waals surface area contributed by atoms with Gasteiger partial charge in [-0.25, -0.2) is 4.79 Å². The molecule has 1 N–H and O–H groups in total. The molecule has 16 heavy (non-hydrogen) atoms. The van der Waals surface area contributed by atoms with Crippen molar-refractivity contribution in [1.82, 2.24) is 10.2 Å². The average molecular weight is 239 g/mol. The largest absolute Gasteiger partial charge is 0.479 e. The van der Waals surface area contributed by atoms with Crippen molar-refractivity contribution in [3.63, 3.8) is 0 Å². The number of halogens is 1. The predicted octanol–water partition coefficient (Wildman–Crippen LogP) is 1.99. The van der Waals surface area contributed by atoms with Crippen LogP contribution >= 0.6 is 11.6 Å². The number of ether oxygens (including phenoxy) is 1. The summed E-state index contributed by atoms with van der Waals surface area (Å²) in [5.74, 6) is -0.764. The standard InChI is InChI=1S/C10H7ClN2O3/c1-16-9-7-4-5(10(14)15)2-3-6(7)8(11)12-13-9/h2-4H,1H3,(H,14,15). The van der Waals surface area contributed by atoms with Gasteiger partial charge in [-0.05, 0) is 12.1 Å². The van der Waals surface area contributed by atoms with Crippen LogP contribution in [0.1, 0.15) is 10.4 Å². The van der Waals surface area contributed by atoms with E-state index in [1.54, 1.807) is 6.07 Å². The number of fused-ring (bicyclic) bond motifs is 1. The summed E-state index contributed by atoms with van der Waals surface area (Å²) in [6, 6.07) is 4.49. The average Bonchev–Trinajstić information content (AvgIpc) is 2.29. The summed E-state index contributed by atoms with van der Waals surface area (Å²) in [7, 11) is 1.44. The first kappa shape index (κ1) is 10.6. The number of carbonyl (C=O) groups is 1. The van der Waals surface area contributed by atoms with Crippen molar-refractivity contribution in [1.29, 1.82) is 0 Å². The maximum Gasteiger partial charge on any atom is 0.335 e. The third kappa shape index (κ3) is 1.65. The van der Waals surface area contributed by atoms with Crippen molar-refractivity contribution in [2.45, 2.75) is 0 Å². The highest BCUT2D eigenvalue weighted by atomic mass is 35.5. The summed E-state index contributed by atoms with van der Waals surface area (Å²) in [6.45, 7) is 0. The number of carboxylic acids is 1. The summed E-state index contributed by atoms with van der Waals surface area (Å²) < 4.78 is 4.99. The Labute approximate surface area is 95.6 Å². The molecular formula is C10H7ClN2O3. The van der Waals surface area contributed by atoms with E-state index in [0.717, 1.165) is 0 Å². The van der Waals surface area contributed by atoms with Crippen LogP contribution in [0.3, 0.4) is 0 Å². The molecule has 0 unspecified atom stereocenters. The van der Waals surface area contributed by atoms with Crippen molar-refractivity contribution in [3.8, 4) is 5.88 Å². The van der Waals surface area contributed by atoms with Gasteiger partial charge in [-0.3, -0.25) is 0 Å². The Balaban J connectivity index is 2.79. The summed E-state index contributed by atoms with van der Waals surface area (Å²) in [4.78, 5) is 10.8. The highest BCUT2D eigenvalue weighted by Crippen LogP contribution is 2.28. The number of rotatable bonds is 2. The van der Waals surface area contributed by atoms with E-state index in [0.29, 0.717) is 10.8 Å².